The van der Waals surface area contributed by atoms with Crippen LogP contribution in [-0.2, 0) is 17.8 Å². The summed E-state index contributed by atoms with van der Waals surface area (Å²) in [6, 6.07) is 5.43. The van der Waals surface area contributed by atoms with Crippen molar-refractivity contribution in [2.75, 3.05) is 40.1 Å². The van der Waals surface area contributed by atoms with Crippen LogP contribution in [0.25, 0.3) is 10.9 Å². The first-order valence-electron chi connectivity index (χ1n) is 11.6. The number of hydrogen-bond donors (Lipinski definition) is 2. The molecule has 11 heteroatoms. The summed E-state index contributed by atoms with van der Waals surface area (Å²) in [6.07, 6.45) is 0.563. The molecule has 0 bridgehead atoms. The number of aliphatic hydroxyl groups excluding tert-OH is 1. The molecule has 1 aliphatic heterocycles. The minimum absolute atomic E-state index is 0.0491. The maximum Gasteiger partial charge on any atom is 0.252 e. The van der Waals surface area contributed by atoms with Crippen molar-refractivity contribution in [1.82, 2.24) is 30.1 Å². The van der Waals surface area contributed by atoms with E-state index in [9.17, 15) is 9.90 Å². The van der Waals surface area contributed by atoms with E-state index < -0.39 is 0 Å². The molecule has 0 saturated heterocycles. The molecule has 0 fully saturated rings. The Bertz CT molecular complexity index is 1160. The fraction of sp³-hybridized carbons (Fsp3) is 0.565. The number of rotatable bonds is 11. The van der Waals surface area contributed by atoms with E-state index in [-0.39, 0.29) is 24.1 Å². The molecule has 0 spiro atoms. The number of aromatic nitrogens is 5. The van der Waals surface area contributed by atoms with E-state index in [1.165, 1.54) is 0 Å². The van der Waals surface area contributed by atoms with Crippen molar-refractivity contribution in [3.05, 3.63) is 39.9 Å². The van der Waals surface area contributed by atoms with Gasteiger partial charge >= 0.3 is 0 Å². The van der Waals surface area contributed by atoms with Gasteiger partial charge in [-0.15, -0.1) is 5.10 Å². The van der Waals surface area contributed by atoms with E-state index in [1.807, 2.05) is 12.1 Å². The van der Waals surface area contributed by atoms with Crippen LogP contribution < -0.4 is 15.0 Å². The summed E-state index contributed by atoms with van der Waals surface area (Å²) in [5.74, 6) is 2.17. The summed E-state index contributed by atoms with van der Waals surface area (Å²) in [7, 11) is 1.64. The molecule has 1 atom stereocenters. The summed E-state index contributed by atoms with van der Waals surface area (Å²) in [5, 5.41) is 22.7. The van der Waals surface area contributed by atoms with Crippen molar-refractivity contribution in [2.24, 2.45) is 5.92 Å². The minimum Gasteiger partial charge on any atom is -0.486 e. The van der Waals surface area contributed by atoms with E-state index in [4.69, 9.17) is 14.2 Å². The Hall–Kier alpha value is -3.02. The first kappa shape index (κ1) is 24.1. The number of pyridine rings is 1. The lowest BCUT2D eigenvalue weighted by atomic mass is 10.00. The van der Waals surface area contributed by atoms with Crippen molar-refractivity contribution < 1.29 is 19.3 Å². The third-order valence-electron chi connectivity index (χ3n) is 5.92. The van der Waals surface area contributed by atoms with E-state index in [0.29, 0.717) is 74.3 Å². The van der Waals surface area contributed by atoms with Crippen LogP contribution in [0.2, 0.25) is 0 Å². The highest BCUT2D eigenvalue weighted by atomic mass is 16.6. The second-order valence-corrected chi connectivity index (χ2v) is 8.70. The van der Waals surface area contributed by atoms with Crippen molar-refractivity contribution >= 4 is 10.9 Å². The summed E-state index contributed by atoms with van der Waals surface area (Å²) < 4.78 is 18.3. The predicted octanol–water partition coefficient (Wildman–Crippen LogP) is 1.51. The maximum atomic E-state index is 13.0. The number of H-pyrrole nitrogens is 1. The fourth-order valence-electron chi connectivity index (χ4n) is 4.36. The highest BCUT2D eigenvalue weighted by Crippen LogP contribution is 2.34. The molecule has 0 unspecified atom stereocenters. The fourth-order valence-corrected chi connectivity index (χ4v) is 4.36. The average molecular weight is 473 g/mol. The van der Waals surface area contributed by atoms with E-state index >= 15 is 0 Å². The first-order valence-corrected chi connectivity index (χ1v) is 11.6. The van der Waals surface area contributed by atoms with Gasteiger partial charge in [-0.2, -0.15) is 0 Å². The van der Waals surface area contributed by atoms with Gasteiger partial charge < -0.3 is 24.3 Å². The second kappa shape index (κ2) is 10.9. The SMILES string of the molecule is COCCn1nnnc1[C@H](C(C)C)N(CCCO)Cc1cc2cc3c(cc2[nH]c1=O)OCCO3. The number of methoxy groups -OCH3 is 1. The van der Waals surface area contributed by atoms with Gasteiger partial charge in [-0.25, -0.2) is 4.68 Å². The van der Waals surface area contributed by atoms with Crippen LogP contribution >= 0.6 is 0 Å². The van der Waals surface area contributed by atoms with Gasteiger partial charge in [0.1, 0.15) is 13.2 Å². The molecular formula is C23H32N6O5. The third kappa shape index (κ3) is 5.21. The van der Waals surface area contributed by atoms with Crippen molar-refractivity contribution in [2.45, 2.75) is 39.4 Å². The molecule has 0 amide bonds. The molecule has 1 aromatic carbocycles. The molecular weight excluding hydrogens is 440 g/mol. The number of aromatic amines is 1. The third-order valence-corrected chi connectivity index (χ3v) is 5.92. The van der Waals surface area contributed by atoms with Crippen LogP contribution in [0.1, 0.15) is 37.7 Å². The van der Waals surface area contributed by atoms with Gasteiger partial charge in [-0.3, -0.25) is 9.69 Å². The molecule has 0 radical (unpaired) electrons. The van der Waals surface area contributed by atoms with Crippen LogP contribution in [0.4, 0.5) is 0 Å². The minimum atomic E-state index is -0.167. The summed E-state index contributed by atoms with van der Waals surface area (Å²) in [5.41, 5.74) is 1.15. The Morgan fingerprint density at radius 3 is 2.71 bits per heavy atom. The highest BCUT2D eigenvalue weighted by molar-refractivity contribution is 5.83. The number of ether oxygens (including phenoxy) is 3. The smallest absolute Gasteiger partial charge is 0.252 e. The Kier molecular flexibility index (Phi) is 7.76. The Labute approximate surface area is 197 Å². The van der Waals surface area contributed by atoms with Gasteiger partial charge in [0.05, 0.1) is 24.7 Å². The molecule has 34 heavy (non-hydrogen) atoms. The van der Waals surface area contributed by atoms with Crippen molar-refractivity contribution in [1.29, 1.82) is 0 Å². The van der Waals surface area contributed by atoms with Gasteiger partial charge in [-0.1, -0.05) is 13.8 Å². The lowest BCUT2D eigenvalue weighted by molar-refractivity contribution is 0.118. The second-order valence-electron chi connectivity index (χ2n) is 8.70. The molecule has 2 aromatic heterocycles. The molecule has 3 heterocycles. The first-order chi connectivity index (χ1) is 16.5. The number of nitrogens with zero attached hydrogens (tertiary/aromatic N) is 5. The highest BCUT2D eigenvalue weighted by Gasteiger charge is 2.29. The van der Waals surface area contributed by atoms with Crippen LogP contribution in [0.5, 0.6) is 11.5 Å². The van der Waals surface area contributed by atoms with E-state index in [2.05, 4.69) is 39.3 Å². The van der Waals surface area contributed by atoms with Crippen LogP contribution in [0, 0.1) is 5.92 Å². The monoisotopic (exact) mass is 472 g/mol. The lowest BCUT2D eigenvalue weighted by Gasteiger charge is -2.33. The normalized spacial score (nSPS) is 14.3. The zero-order valence-corrected chi connectivity index (χ0v) is 19.9. The Morgan fingerprint density at radius 2 is 2.00 bits per heavy atom. The van der Waals surface area contributed by atoms with Gasteiger partial charge in [0.2, 0.25) is 0 Å². The van der Waals surface area contributed by atoms with E-state index in [0.717, 1.165) is 5.39 Å². The molecule has 11 nitrogen and oxygen atoms in total. The molecule has 4 rings (SSSR count). The zero-order valence-electron chi connectivity index (χ0n) is 19.9. The predicted molar refractivity (Wildman–Crippen MR) is 125 cm³/mol. The average Bonchev–Trinajstić information content (AvgIpc) is 3.28. The topological polar surface area (TPSA) is 128 Å². The summed E-state index contributed by atoms with van der Waals surface area (Å²) in [6.45, 7) is 7.20. The van der Waals surface area contributed by atoms with Crippen LogP contribution in [0.3, 0.4) is 0 Å². The summed E-state index contributed by atoms with van der Waals surface area (Å²) >= 11 is 0. The zero-order chi connectivity index (χ0) is 24.1. The Morgan fingerprint density at radius 1 is 1.24 bits per heavy atom. The quantitative estimate of drug-likeness (QED) is 0.427. The molecule has 2 N–H and O–H groups in total. The number of nitrogens with one attached hydrogen (secondary N) is 1. The molecule has 0 aliphatic carbocycles. The number of benzene rings is 1. The standard InChI is InChI=1S/C23H32N6O5/c1-15(2)21(22-25-26-27-29(22)6-8-32-3)28(5-4-7-30)14-17-11-16-12-19-20(34-10-9-33-19)13-18(16)24-23(17)31/h11-13,15,21,30H,4-10,14H2,1-3H3,(H,24,31)/t21-/m0/s1. The van der Waals surface area contributed by atoms with Crippen molar-refractivity contribution in [3.63, 3.8) is 0 Å². The van der Waals surface area contributed by atoms with Crippen molar-refractivity contribution in [3.8, 4) is 11.5 Å². The van der Waals surface area contributed by atoms with Gasteiger partial charge in [0.15, 0.2) is 17.3 Å². The number of fused-ring (bicyclic) bond motifs is 2. The number of tetrazole rings is 1. The van der Waals surface area contributed by atoms with E-state index in [1.54, 1.807) is 17.9 Å². The maximum absolute atomic E-state index is 13.0. The molecule has 184 valence electrons. The van der Waals surface area contributed by atoms with Gasteiger partial charge in [0, 0.05) is 43.8 Å². The number of hydrogen-bond acceptors (Lipinski definition) is 9. The lowest BCUT2D eigenvalue weighted by Crippen LogP contribution is -2.36. The van der Waals surface area contributed by atoms with Crippen LogP contribution in [0.15, 0.2) is 23.0 Å². The number of aliphatic hydroxyl groups is 1. The van der Waals surface area contributed by atoms with Gasteiger partial charge in [0.25, 0.3) is 5.56 Å². The summed E-state index contributed by atoms with van der Waals surface area (Å²) in [4.78, 5) is 18.2. The van der Waals surface area contributed by atoms with Crippen LogP contribution in [-0.4, -0.2) is 75.3 Å². The molecule has 3 aromatic rings. The molecule has 0 saturated carbocycles. The largest absolute Gasteiger partial charge is 0.486 e. The van der Waals surface area contributed by atoms with Gasteiger partial charge in [-0.05, 0) is 34.9 Å². The molecule has 1 aliphatic rings. The Balaban J connectivity index is 1.69.